The van der Waals surface area contributed by atoms with Crippen molar-refractivity contribution < 1.29 is 40.0 Å². The molecule has 4 N–H and O–H groups in total. The number of fused-ring (bicyclic) bond motifs is 3. The average molecular weight is 1070 g/mol. The first-order valence-electron chi connectivity index (χ1n) is 15.9. The van der Waals surface area contributed by atoms with Crippen molar-refractivity contribution in [3.05, 3.63) is 169 Å². The standard InChI is InChI=1S/C40H36N6.2Au.2ClH/c41-34-19-15-29(16-20-34)23-43-27-45(38-13-3-1-11-36(38)43)25-32-9-5-7-31-8-6-10-33(40(31)32)26-46-28-44(37-12-2-4-14-39(37)46)24-30-17-21-35(42)22-18-30;;;;/h1-22,27-28H,23-26,41-42H2;;;2*1H/q-2;2*+1;;/p-2. The maximum absolute atomic E-state index is 5.95. The minimum absolute atomic E-state index is 0.771. The van der Waals surface area contributed by atoms with E-state index in [0.717, 1.165) is 37.6 Å². The molecule has 6 nitrogen and oxygen atoms in total. The second kappa shape index (κ2) is 17.1. The number of nitrogens with two attached hydrogens (primary N) is 2. The molecule has 264 valence electrons. The zero-order valence-corrected chi connectivity index (χ0v) is 32.8. The number of nitrogen functional groups attached to an aromatic ring is 2. The fourth-order valence-electron chi connectivity index (χ4n) is 6.76. The van der Waals surface area contributed by atoms with Crippen LogP contribution in [0.1, 0.15) is 22.3 Å². The summed E-state index contributed by atoms with van der Waals surface area (Å²) in [5, 5.41) is 2.57. The van der Waals surface area contributed by atoms with Crippen LogP contribution in [0.5, 0.6) is 0 Å². The molecular formula is C40H36Au2Cl2N6-2. The van der Waals surface area contributed by atoms with E-state index in [1.54, 1.807) is 40.0 Å². The first-order chi connectivity index (χ1) is 24.6. The summed E-state index contributed by atoms with van der Waals surface area (Å²) in [7, 11) is 9.17. The van der Waals surface area contributed by atoms with Crippen LogP contribution in [0, 0.1) is 13.3 Å². The van der Waals surface area contributed by atoms with Crippen molar-refractivity contribution >= 4 is 63.3 Å². The van der Waals surface area contributed by atoms with Crippen molar-refractivity contribution in [2.75, 3.05) is 31.1 Å². The molecule has 6 aromatic carbocycles. The van der Waals surface area contributed by atoms with Crippen LogP contribution < -0.4 is 31.1 Å². The third-order valence-corrected chi connectivity index (χ3v) is 8.98. The summed E-state index contributed by atoms with van der Waals surface area (Å²) in [6.45, 7) is 7.61. The van der Waals surface area contributed by atoms with Crippen molar-refractivity contribution in [2.45, 2.75) is 26.2 Å². The third-order valence-electron chi connectivity index (χ3n) is 8.98. The Morgan fingerprint density at radius 3 is 1.12 bits per heavy atom. The van der Waals surface area contributed by atoms with Gasteiger partial charge in [0, 0.05) is 60.3 Å². The van der Waals surface area contributed by atoms with E-state index in [1.165, 1.54) is 55.8 Å². The molecule has 0 aliphatic carbocycles. The Balaban J connectivity index is 0.00000104. The topological polar surface area (TPSA) is 65.0 Å². The van der Waals surface area contributed by atoms with Gasteiger partial charge in [-0.15, -0.1) is 0 Å². The van der Waals surface area contributed by atoms with Crippen LogP contribution in [0.4, 0.5) is 34.1 Å². The van der Waals surface area contributed by atoms with Gasteiger partial charge in [0.05, 0.1) is 0 Å². The number of anilines is 6. The zero-order chi connectivity index (χ0) is 35.0. The van der Waals surface area contributed by atoms with E-state index in [1.807, 2.05) is 24.3 Å². The maximum atomic E-state index is 5.95. The fourth-order valence-corrected chi connectivity index (χ4v) is 6.76. The third kappa shape index (κ3) is 7.99. The van der Waals surface area contributed by atoms with E-state index in [-0.39, 0.29) is 0 Å². The molecule has 0 aromatic heterocycles. The first kappa shape index (κ1) is 36.2. The zero-order valence-electron chi connectivity index (χ0n) is 27.0. The van der Waals surface area contributed by atoms with E-state index in [9.17, 15) is 0 Å². The number of hydrogen-bond donors (Lipinski definition) is 2. The Bertz CT molecular complexity index is 1880. The molecule has 2 aliphatic heterocycles. The van der Waals surface area contributed by atoms with Crippen LogP contribution in [0.15, 0.2) is 133 Å². The normalized spacial score (nSPS) is 13.0. The molecule has 0 unspecified atom stereocenters. The number of halogens is 2. The quantitative estimate of drug-likeness (QED) is 0.0901. The molecule has 50 heavy (non-hydrogen) atoms. The SMILES string of the molecule is Nc1ccc(CN2[CH-]N(Cc3cccc4cccc(CN5[CH-]N(Cc6ccc(N)cc6)c6ccccc65)c34)c3ccccc32)cc1.[Cl][Au].[Cl][Au]. The summed E-state index contributed by atoms with van der Waals surface area (Å²) in [6.07, 6.45) is 0. The van der Waals surface area contributed by atoms with Gasteiger partial charge in [-0.05, 0) is 81.6 Å². The second-order valence-corrected chi connectivity index (χ2v) is 12.1. The molecule has 10 heteroatoms. The molecule has 0 atom stereocenters. The summed E-state index contributed by atoms with van der Waals surface area (Å²) in [5.74, 6) is 0. The molecule has 0 fully saturated rings. The van der Waals surface area contributed by atoms with Crippen LogP contribution >= 0.6 is 18.4 Å². The first-order valence-corrected chi connectivity index (χ1v) is 21.3. The van der Waals surface area contributed by atoms with E-state index in [4.69, 9.17) is 11.5 Å². The Morgan fingerprint density at radius 1 is 0.420 bits per heavy atom. The molecule has 0 saturated carbocycles. The molecule has 0 saturated heterocycles. The van der Waals surface area contributed by atoms with E-state index in [0.29, 0.717) is 0 Å². The predicted octanol–water partition coefficient (Wildman–Crippen LogP) is 9.67. The van der Waals surface area contributed by atoms with Crippen molar-refractivity contribution in [1.29, 1.82) is 0 Å². The molecule has 0 radical (unpaired) electrons. The summed E-state index contributed by atoms with van der Waals surface area (Å²) >= 11 is 3.50. The predicted molar refractivity (Wildman–Crippen MR) is 204 cm³/mol. The van der Waals surface area contributed by atoms with Crippen molar-refractivity contribution in [3.8, 4) is 0 Å². The van der Waals surface area contributed by atoms with Crippen molar-refractivity contribution in [2.24, 2.45) is 0 Å². The second-order valence-electron chi connectivity index (χ2n) is 12.1. The van der Waals surface area contributed by atoms with Crippen LogP contribution in [0.3, 0.4) is 0 Å². The molecule has 6 aromatic rings. The Hall–Kier alpha value is -3.56. The number of benzene rings is 6. The summed E-state index contributed by atoms with van der Waals surface area (Å²) < 4.78 is 0. The van der Waals surface area contributed by atoms with Crippen molar-refractivity contribution in [3.63, 3.8) is 0 Å². The number of hydrogen-bond acceptors (Lipinski definition) is 6. The molecular weight excluding hydrogens is 1030 g/mol. The monoisotopic (exact) mass is 1060 g/mol. The van der Waals surface area contributed by atoms with E-state index in [2.05, 4.69) is 161 Å². The molecule has 0 amide bonds. The number of nitrogens with zero attached hydrogens (tertiary/aromatic N) is 4. The molecule has 0 bridgehead atoms. The van der Waals surface area contributed by atoms with Gasteiger partial charge in [-0.2, -0.15) is 13.3 Å². The fraction of sp³-hybridized carbons (Fsp3) is 0.100. The van der Waals surface area contributed by atoms with Gasteiger partial charge < -0.3 is 31.1 Å². The molecule has 2 heterocycles. The van der Waals surface area contributed by atoms with Gasteiger partial charge >= 0.3 is 58.4 Å². The van der Waals surface area contributed by atoms with Gasteiger partial charge in [-0.3, -0.25) is 0 Å². The van der Waals surface area contributed by atoms with Gasteiger partial charge in [-0.25, -0.2) is 0 Å². The van der Waals surface area contributed by atoms with Gasteiger partial charge in [0.2, 0.25) is 0 Å². The average Bonchev–Trinajstić information content (AvgIpc) is 3.69. The van der Waals surface area contributed by atoms with Crippen molar-refractivity contribution in [1.82, 2.24) is 0 Å². The summed E-state index contributed by atoms with van der Waals surface area (Å²) in [4.78, 5) is 9.42. The number of rotatable bonds is 8. The van der Waals surface area contributed by atoms with Gasteiger partial charge in [0.1, 0.15) is 0 Å². The van der Waals surface area contributed by atoms with E-state index < -0.39 is 0 Å². The summed E-state index contributed by atoms with van der Waals surface area (Å²) in [5.41, 5.74) is 23.4. The van der Waals surface area contributed by atoms with Crippen LogP contribution in [-0.4, -0.2) is 0 Å². The van der Waals surface area contributed by atoms with Gasteiger partial charge in [0.25, 0.3) is 0 Å². The van der Waals surface area contributed by atoms with Gasteiger partial charge in [0.15, 0.2) is 0 Å². The Kier molecular flexibility index (Phi) is 12.4. The number of para-hydroxylation sites is 4. The molecule has 0 spiro atoms. The van der Waals surface area contributed by atoms with E-state index >= 15 is 0 Å². The molecule has 2 aliphatic rings. The molecule has 8 rings (SSSR count). The summed E-state index contributed by atoms with van der Waals surface area (Å²) in [6, 6.07) is 47.0. The Labute approximate surface area is 327 Å². The van der Waals surface area contributed by atoms with Crippen LogP contribution in [-0.2, 0) is 66.2 Å². The van der Waals surface area contributed by atoms with Gasteiger partial charge in [-0.1, -0.05) is 84.9 Å². The van der Waals surface area contributed by atoms with Crippen LogP contribution in [0.2, 0.25) is 0 Å². The Morgan fingerprint density at radius 2 is 0.760 bits per heavy atom. The van der Waals surface area contributed by atoms with Crippen LogP contribution in [0.25, 0.3) is 10.8 Å². The minimum atomic E-state index is 0.771.